The summed E-state index contributed by atoms with van der Waals surface area (Å²) in [7, 11) is 0. The number of likely N-dealkylation sites (tertiary alicyclic amines) is 2. The molecule has 160 valence electrons. The second-order valence-corrected chi connectivity index (χ2v) is 9.59. The van der Waals surface area contributed by atoms with Crippen molar-refractivity contribution in [1.82, 2.24) is 20.0 Å². The predicted molar refractivity (Wildman–Crippen MR) is 123 cm³/mol. The molecule has 0 N–H and O–H groups in total. The van der Waals surface area contributed by atoms with Crippen LogP contribution in [0.3, 0.4) is 0 Å². The van der Waals surface area contributed by atoms with Crippen molar-refractivity contribution in [1.29, 1.82) is 0 Å². The monoisotopic (exact) mass is 434 g/mol. The lowest BCUT2D eigenvalue weighted by Gasteiger charge is -2.62. The molecule has 1 unspecified atom stereocenters. The molecule has 3 aromatic rings. The zero-order valence-electron chi connectivity index (χ0n) is 18.0. The standard InChI is InChI=1S/C25H27ClN4O/c1-17(2)30-16-25(23(30)18-7-9-19(26)10-8-18)11-13-29(14-12-25)24(31)21-15-27-28-22-6-4-3-5-20(21)22/h3-10,15,17,23H,11-14,16H2,1-2H3. The number of hydrogen-bond acceptors (Lipinski definition) is 4. The van der Waals surface area contributed by atoms with Gasteiger partial charge < -0.3 is 4.90 Å². The Labute approximate surface area is 188 Å². The highest BCUT2D eigenvalue weighted by atomic mass is 35.5. The summed E-state index contributed by atoms with van der Waals surface area (Å²) in [5.74, 6) is 0.0593. The third-order valence-corrected chi connectivity index (χ3v) is 7.33. The molecule has 2 aliphatic heterocycles. The molecule has 5 rings (SSSR count). The molecule has 5 nitrogen and oxygen atoms in total. The molecule has 3 heterocycles. The van der Waals surface area contributed by atoms with Gasteiger partial charge in [0.05, 0.1) is 17.3 Å². The number of rotatable bonds is 3. The molecule has 2 fully saturated rings. The van der Waals surface area contributed by atoms with Crippen molar-refractivity contribution in [3.05, 3.63) is 70.9 Å². The van der Waals surface area contributed by atoms with E-state index in [1.807, 2.05) is 41.3 Å². The number of amides is 1. The first-order valence-corrected chi connectivity index (χ1v) is 11.4. The van der Waals surface area contributed by atoms with E-state index in [1.165, 1.54) is 5.56 Å². The Morgan fingerprint density at radius 1 is 1.10 bits per heavy atom. The molecule has 2 aromatic carbocycles. The summed E-state index contributed by atoms with van der Waals surface area (Å²) in [4.78, 5) is 17.9. The molecule has 1 atom stereocenters. The third kappa shape index (κ3) is 3.50. The van der Waals surface area contributed by atoms with Crippen molar-refractivity contribution in [3.63, 3.8) is 0 Å². The van der Waals surface area contributed by atoms with Crippen LogP contribution >= 0.6 is 11.6 Å². The average Bonchev–Trinajstić information content (AvgIpc) is 2.78. The highest BCUT2D eigenvalue weighted by Gasteiger charge is 2.54. The maximum atomic E-state index is 13.3. The van der Waals surface area contributed by atoms with Crippen LogP contribution in [-0.2, 0) is 0 Å². The Balaban J connectivity index is 1.36. The summed E-state index contributed by atoms with van der Waals surface area (Å²) in [6.45, 7) is 7.14. The van der Waals surface area contributed by atoms with Crippen molar-refractivity contribution < 1.29 is 4.79 Å². The van der Waals surface area contributed by atoms with Crippen molar-refractivity contribution >= 4 is 28.4 Å². The van der Waals surface area contributed by atoms with E-state index in [4.69, 9.17) is 11.6 Å². The molecule has 6 heteroatoms. The van der Waals surface area contributed by atoms with Gasteiger partial charge in [-0.15, -0.1) is 0 Å². The molecule has 0 radical (unpaired) electrons. The Morgan fingerprint density at radius 3 is 2.52 bits per heavy atom. The maximum absolute atomic E-state index is 13.3. The molecule has 1 aromatic heterocycles. The van der Waals surface area contributed by atoms with Gasteiger partial charge in [0, 0.05) is 47.5 Å². The SMILES string of the molecule is CC(C)N1CC2(CCN(C(=O)c3cnnc4ccccc34)CC2)C1c1ccc(Cl)cc1. The second-order valence-electron chi connectivity index (χ2n) is 9.15. The van der Waals surface area contributed by atoms with Crippen LogP contribution in [0.2, 0.25) is 5.02 Å². The van der Waals surface area contributed by atoms with Gasteiger partial charge in [-0.25, -0.2) is 0 Å². The van der Waals surface area contributed by atoms with Crippen LogP contribution in [0.15, 0.2) is 54.7 Å². The Bertz CT molecular complexity index is 1100. The van der Waals surface area contributed by atoms with E-state index >= 15 is 0 Å². The number of halogens is 1. The van der Waals surface area contributed by atoms with Gasteiger partial charge in [-0.1, -0.05) is 41.9 Å². The van der Waals surface area contributed by atoms with Crippen LogP contribution in [-0.4, -0.2) is 51.6 Å². The summed E-state index contributed by atoms with van der Waals surface area (Å²) in [6.07, 6.45) is 3.62. The number of carbonyl (C=O) groups is 1. The van der Waals surface area contributed by atoms with E-state index in [9.17, 15) is 4.79 Å². The van der Waals surface area contributed by atoms with E-state index in [1.54, 1.807) is 6.20 Å². The lowest BCUT2D eigenvalue weighted by atomic mass is 9.62. The van der Waals surface area contributed by atoms with Gasteiger partial charge in [0.1, 0.15) is 0 Å². The summed E-state index contributed by atoms with van der Waals surface area (Å²) in [5.41, 5.74) is 2.95. The van der Waals surface area contributed by atoms with E-state index in [0.717, 1.165) is 48.4 Å². The minimum atomic E-state index is 0.0593. The number of benzene rings is 2. The number of piperidine rings is 1. The van der Waals surface area contributed by atoms with Crippen LogP contribution in [0.5, 0.6) is 0 Å². The highest BCUT2D eigenvalue weighted by molar-refractivity contribution is 6.30. The molecule has 2 saturated heterocycles. The van der Waals surface area contributed by atoms with Gasteiger partial charge in [0.25, 0.3) is 5.91 Å². The lowest BCUT2D eigenvalue weighted by molar-refractivity contribution is -0.124. The number of aromatic nitrogens is 2. The zero-order chi connectivity index (χ0) is 21.6. The summed E-state index contributed by atoms with van der Waals surface area (Å²) >= 11 is 6.14. The minimum Gasteiger partial charge on any atom is -0.339 e. The molecular formula is C25H27ClN4O. The normalized spacial score (nSPS) is 20.9. The zero-order valence-corrected chi connectivity index (χ0v) is 18.7. The second kappa shape index (κ2) is 7.88. The minimum absolute atomic E-state index is 0.0593. The van der Waals surface area contributed by atoms with Crippen LogP contribution in [0.4, 0.5) is 0 Å². The summed E-state index contributed by atoms with van der Waals surface area (Å²) < 4.78 is 0. The van der Waals surface area contributed by atoms with Crippen LogP contribution in [0, 0.1) is 5.41 Å². The van der Waals surface area contributed by atoms with Crippen molar-refractivity contribution in [2.24, 2.45) is 5.41 Å². The fraction of sp³-hybridized carbons (Fsp3) is 0.400. The van der Waals surface area contributed by atoms with Gasteiger partial charge in [-0.05, 0) is 50.5 Å². The summed E-state index contributed by atoms with van der Waals surface area (Å²) in [6, 6.07) is 16.9. The maximum Gasteiger partial charge on any atom is 0.256 e. The first-order valence-electron chi connectivity index (χ1n) is 11.0. The van der Waals surface area contributed by atoms with Gasteiger partial charge in [0.2, 0.25) is 0 Å². The van der Waals surface area contributed by atoms with E-state index < -0.39 is 0 Å². The lowest BCUT2D eigenvalue weighted by Crippen LogP contribution is -2.64. The molecule has 0 bridgehead atoms. The molecule has 31 heavy (non-hydrogen) atoms. The number of nitrogens with zero attached hydrogens (tertiary/aromatic N) is 4. The molecule has 0 saturated carbocycles. The van der Waals surface area contributed by atoms with Gasteiger partial charge in [-0.2, -0.15) is 10.2 Å². The molecule has 1 amide bonds. The smallest absolute Gasteiger partial charge is 0.256 e. The quantitative estimate of drug-likeness (QED) is 0.583. The number of hydrogen-bond donors (Lipinski definition) is 0. The van der Waals surface area contributed by atoms with Gasteiger partial charge in [-0.3, -0.25) is 9.69 Å². The molecule has 2 aliphatic rings. The largest absolute Gasteiger partial charge is 0.339 e. The van der Waals surface area contributed by atoms with E-state index in [0.29, 0.717) is 17.6 Å². The molecule has 1 spiro atoms. The van der Waals surface area contributed by atoms with Crippen molar-refractivity contribution in [3.8, 4) is 0 Å². The fourth-order valence-corrected chi connectivity index (χ4v) is 5.51. The highest BCUT2D eigenvalue weighted by Crippen LogP contribution is 2.55. The third-order valence-electron chi connectivity index (χ3n) is 7.08. The summed E-state index contributed by atoms with van der Waals surface area (Å²) in [5, 5.41) is 9.85. The molecular weight excluding hydrogens is 408 g/mol. The van der Waals surface area contributed by atoms with Crippen LogP contribution in [0.1, 0.15) is 48.7 Å². The first kappa shape index (κ1) is 20.4. The van der Waals surface area contributed by atoms with E-state index in [-0.39, 0.29) is 11.3 Å². The van der Waals surface area contributed by atoms with Gasteiger partial charge >= 0.3 is 0 Å². The van der Waals surface area contributed by atoms with E-state index in [2.05, 4.69) is 41.1 Å². The van der Waals surface area contributed by atoms with Crippen LogP contribution < -0.4 is 0 Å². The topological polar surface area (TPSA) is 49.3 Å². The Hall–Kier alpha value is -2.50. The fourth-order valence-electron chi connectivity index (χ4n) is 5.39. The first-order chi connectivity index (χ1) is 15.0. The van der Waals surface area contributed by atoms with Crippen LogP contribution in [0.25, 0.3) is 10.9 Å². The molecule has 0 aliphatic carbocycles. The predicted octanol–water partition coefficient (Wildman–Crippen LogP) is 4.97. The number of carbonyl (C=O) groups excluding carboxylic acids is 1. The van der Waals surface area contributed by atoms with Gasteiger partial charge in [0.15, 0.2) is 0 Å². The Kier molecular flexibility index (Phi) is 5.19. The van der Waals surface area contributed by atoms with Crippen molar-refractivity contribution in [2.75, 3.05) is 19.6 Å². The number of fused-ring (bicyclic) bond motifs is 1. The average molecular weight is 435 g/mol. The van der Waals surface area contributed by atoms with Crippen molar-refractivity contribution in [2.45, 2.75) is 38.8 Å². The Morgan fingerprint density at radius 2 is 1.81 bits per heavy atom.